The SMILES string of the molecule is CC(C)C[C@@H](NC(=O)CC1=CCCCC1)C(=O)O. The second-order valence-electron chi connectivity index (χ2n) is 5.37. The minimum atomic E-state index is -0.949. The molecule has 102 valence electrons. The maximum absolute atomic E-state index is 11.8. The molecule has 0 saturated carbocycles. The molecule has 18 heavy (non-hydrogen) atoms. The van der Waals surface area contributed by atoms with E-state index in [4.69, 9.17) is 5.11 Å². The van der Waals surface area contributed by atoms with Crippen LogP contribution in [0.1, 0.15) is 52.4 Å². The molecule has 4 heteroatoms. The Balaban J connectivity index is 2.45. The molecule has 0 heterocycles. The standard InChI is InChI=1S/C14H23NO3/c1-10(2)8-12(14(17)18)15-13(16)9-11-6-4-3-5-7-11/h6,10,12H,3-5,7-9H2,1-2H3,(H,15,16)(H,17,18)/t12-/m1/s1. The van der Waals surface area contributed by atoms with Gasteiger partial charge in [-0.2, -0.15) is 0 Å². The second kappa shape index (κ2) is 7.19. The zero-order chi connectivity index (χ0) is 13.5. The Labute approximate surface area is 108 Å². The maximum atomic E-state index is 11.8. The van der Waals surface area contributed by atoms with Crippen molar-refractivity contribution in [2.75, 3.05) is 0 Å². The van der Waals surface area contributed by atoms with Gasteiger partial charge in [-0.05, 0) is 38.0 Å². The van der Waals surface area contributed by atoms with Crippen molar-refractivity contribution in [3.63, 3.8) is 0 Å². The Morgan fingerprint density at radius 2 is 2.11 bits per heavy atom. The third-order valence-electron chi connectivity index (χ3n) is 3.11. The summed E-state index contributed by atoms with van der Waals surface area (Å²) in [6, 6.07) is -0.762. The quantitative estimate of drug-likeness (QED) is 0.715. The van der Waals surface area contributed by atoms with Gasteiger partial charge in [0.2, 0.25) is 5.91 Å². The Kier molecular flexibility index (Phi) is 5.89. The largest absolute Gasteiger partial charge is 0.480 e. The number of amides is 1. The molecule has 1 aliphatic rings. The van der Waals surface area contributed by atoms with Gasteiger partial charge in [-0.3, -0.25) is 4.79 Å². The van der Waals surface area contributed by atoms with Crippen molar-refractivity contribution in [2.45, 2.75) is 58.4 Å². The number of carboxylic acid groups (broad SMARTS) is 1. The van der Waals surface area contributed by atoms with Crippen LogP contribution in [-0.4, -0.2) is 23.0 Å². The molecule has 0 aromatic heterocycles. The van der Waals surface area contributed by atoms with Crippen molar-refractivity contribution >= 4 is 11.9 Å². The number of nitrogens with one attached hydrogen (secondary N) is 1. The van der Waals surface area contributed by atoms with Crippen LogP contribution < -0.4 is 5.32 Å². The smallest absolute Gasteiger partial charge is 0.326 e. The predicted octanol–water partition coefficient (Wildman–Crippen LogP) is 2.49. The molecular formula is C14H23NO3. The number of rotatable bonds is 6. The average Bonchev–Trinajstić information content (AvgIpc) is 2.28. The first-order valence-electron chi connectivity index (χ1n) is 6.69. The molecule has 1 atom stereocenters. The molecule has 0 saturated heterocycles. The van der Waals surface area contributed by atoms with E-state index in [9.17, 15) is 9.59 Å². The molecule has 0 aromatic rings. The lowest BCUT2D eigenvalue weighted by Crippen LogP contribution is -2.41. The fourth-order valence-corrected chi connectivity index (χ4v) is 2.21. The number of hydrogen-bond acceptors (Lipinski definition) is 2. The summed E-state index contributed by atoms with van der Waals surface area (Å²) in [6.07, 6.45) is 7.26. The van der Waals surface area contributed by atoms with E-state index in [1.165, 1.54) is 6.42 Å². The Bertz CT molecular complexity index is 334. The molecule has 1 rings (SSSR count). The number of carboxylic acids is 1. The molecule has 0 radical (unpaired) electrons. The highest BCUT2D eigenvalue weighted by atomic mass is 16.4. The molecule has 2 N–H and O–H groups in total. The van der Waals surface area contributed by atoms with E-state index in [1.807, 2.05) is 13.8 Å². The molecule has 0 bridgehead atoms. The predicted molar refractivity (Wildman–Crippen MR) is 70.2 cm³/mol. The number of allylic oxidation sites excluding steroid dienone is 1. The van der Waals surface area contributed by atoms with Crippen LogP contribution in [0.5, 0.6) is 0 Å². The zero-order valence-corrected chi connectivity index (χ0v) is 11.2. The number of carbonyl (C=O) groups is 2. The Morgan fingerprint density at radius 1 is 1.39 bits per heavy atom. The minimum absolute atomic E-state index is 0.170. The van der Waals surface area contributed by atoms with Crippen LogP contribution in [0, 0.1) is 5.92 Å². The third kappa shape index (κ3) is 5.34. The summed E-state index contributed by atoms with van der Waals surface area (Å²) in [4.78, 5) is 22.8. The highest BCUT2D eigenvalue weighted by Crippen LogP contribution is 2.20. The minimum Gasteiger partial charge on any atom is -0.480 e. The van der Waals surface area contributed by atoms with Crippen LogP contribution in [0.4, 0.5) is 0 Å². The van der Waals surface area contributed by atoms with E-state index >= 15 is 0 Å². The number of hydrogen-bond donors (Lipinski definition) is 2. The summed E-state index contributed by atoms with van der Waals surface area (Å²) >= 11 is 0. The summed E-state index contributed by atoms with van der Waals surface area (Å²) in [6.45, 7) is 3.90. The van der Waals surface area contributed by atoms with Crippen LogP contribution in [0.25, 0.3) is 0 Å². The topological polar surface area (TPSA) is 66.4 Å². The van der Waals surface area contributed by atoms with E-state index in [1.54, 1.807) is 0 Å². The van der Waals surface area contributed by atoms with Gasteiger partial charge in [-0.1, -0.05) is 25.5 Å². The molecule has 1 amide bonds. The van der Waals surface area contributed by atoms with Crippen molar-refractivity contribution < 1.29 is 14.7 Å². The van der Waals surface area contributed by atoms with E-state index < -0.39 is 12.0 Å². The van der Waals surface area contributed by atoms with Crippen LogP contribution >= 0.6 is 0 Å². The maximum Gasteiger partial charge on any atom is 0.326 e. The van der Waals surface area contributed by atoms with Crippen molar-refractivity contribution in [3.8, 4) is 0 Å². The van der Waals surface area contributed by atoms with Crippen molar-refractivity contribution in [1.82, 2.24) is 5.32 Å². The molecule has 4 nitrogen and oxygen atoms in total. The molecule has 0 spiro atoms. The fraction of sp³-hybridized carbons (Fsp3) is 0.714. The highest BCUT2D eigenvalue weighted by molar-refractivity contribution is 5.84. The highest BCUT2D eigenvalue weighted by Gasteiger charge is 2.21. The van der Waals surface area contributed by atoms with Gasteiger partial charge in [-0.25, -0.2) is 4.79 Å². The zero-order valence-electron chi connectivity index (χ0n) is 11.2. The Hall–Kier alpha value is -1.32. The van der Waals surface area contributed by atoms with E-state index in [2.05, 4.69) is 11.4 Å². The van der Waals surface area contributed by atoms with Gasteiger partial charge < -0.3 is 10.4 Å². The number of carbonyl (C=O) groups excluding carboxylic acids is 1. The van der Waals surface area contributed by atoms with Crippen LogP contribution in [0.2, 0.25) is 0 Å². The van der Waals surface area contributed by atoms with Gasteiger partial charge in [0.25, 0.3) is 0 Å². The monoisotopic (exact) mass is 253 g/mol. The van der Waals surface area contributed by atoms with Crippen LogP contribution in [-0.2, 0) is 9.59 Å². The average molecular weight is 253 g/mol. The summed E-state index contributed by atoms with van der Waals surface area (Å²) < 4.78 is 0. The molecule has 0 aromatic carbocycles. The van der Waals surface area contributed by atoms with E-state index in [-0.39, 0.29) is 11.8 Å². The van der Waals surface area contributed by atoms with Gasteiger partial charge >= 0.3 is 5.97 Å². The third-order valence-corrected chi connectivity index (χ3v) is 3.11. The molecule has 0 unspecified atom stereocenters. The molecule has 0 aliphatic heterocycles. The van der Waals surface area contributed by atoms with Gasteiger partial charge in [0.1, 0.15) is 6.04 Å². The molecule has 0 fully saturated rings. The fourth-order valence-electron chi connectivity index (χ4n) is 2.21. The summed E-state index contributed by atoms with van der Waals surface area (Å²) in [5.74, 6) is -0.869. The molecular weight excluding hydrogens is 230 g/mol. The first-order valence-corrected chi connectivity index (χ1v) is 6.69. The van der Waals surface area contributed by atoms with Gasteiger partial charge in [0.15, 0.2) is 0 Å². The summed E-state index contributed by atoms with van der Waals surface area (Å²) in [7, 11) is 0. The van der Waals surface area contributed by atoms with Crippen molar-refractivity contribution in [3.05, 3.63) is 11.6 Å². The first-order chi connectivity index (χ1) is 8.49. The normalized spacial score (nSPS) is 17.2. The van der Waals surface area contributed by atoms with Gasteiger partial charge in [0, 0.05) is 6.42 Å². The summed E-state index contributed by atoms with van der Waals surface area (Å²) in [5.41, 5.74) is 1.15. The first kappa shape index (κ1) is 14.7. The van der Waals surface area contributed by atoms with Crippen molar-refractivity contribution in [1.29, 1.82) is 0 Å². The van der Waals surface area contributed by atoms with Gasteiger partial charge in [0.05, 0.1) is 0 Å². The second-order valence-corrected chi connectivity index (χ2v) is 5.37. The lowest BCUT2D eigenvalue weighted by Gasteiger charge is -2.18. The molecule has 1 aliphatic carbocycles. The lowest BCUT2D eigenvalue weighted by molar-refractivity contribution is -0.142. The van der Waals surface area contributed by atoms with Gasteiger partial charge in [-0.15, -0.1) is 0 Å². The summed E-state index contributed by atoms with van der Waals surface area (Å²) in [5, 5.41) is 11.7. The van der Waals surface area contributed by atoms with E-state index in [0.717, 1.165) is 24.8 Å². The Morgan fingerprint density at radius 3 is 2.61 bits per heavy atom. The van der Waals surface area contributed by atoms with Crippen LogP contribution in [0.3, 0.4) is 0 Å². The number of aliphatic carboxylic acids is 1. The lowest BCUT2D eigenvalue weighted by atomic mass is 9.96. The van der Waals surface area contributed by atoms with Crippen LogP contribution in [0.15, 0.2) is 11.6 Å². The van der Waals surface area contributed by atoms with Crippen molar-refractivity contribution in [2.24, 2.45) is 5.92 Å². The van der Waals surface area contributed by atoms with E-state index in [0.29, 0.717) is 12.8 Å².